The molecule has 0 saturated heterocycles. The van der Waals surface area contributed by atoms with Gasteiger partial charge in [0.2, 0.25) is 5.79 Å². The van der Waals surface area contributed by atoms with Gasteiger partial charge in [-0.25, -0.2) is 0 Å². The monoisotopic (exact) mass is 735 g/mol. The fourth-order valence-electron chi connectivity index (χ4n) is 6.93. The largest absolute Gasteiger partial charge is 0.377 e. The number of rotatable bonds is 41. The maximum Gasteiger partial charge on any atom is 0.226 e. The number of thioether (sulfide) groups is 1. The van der Waals surface area contributed by atoms with E-state index in [0.717, 1.165) is 31.2 Å². The van der Waals surface area contributed by atoms with Gasteiger partial charge in [-0.2, -0.15) is 0 Å². The van der Waals surface area contributed by atoms with Crippen LogP contribution in [-0.2, 0) is 15.2 Å². The van der Waals surface area contributed by atoms with E-state index in [1.165, 1.54) is 192 Å². The molecule has 0 aliphatic heterocycles. The summed E-state index contributed by atoms with van der Waals surface area (Å²) in [4.78, 5) is 0. The van der Waals surface area contributed by atoms with Crippen molar-refractivity contribution >= 4 is 11.8 Å². The first-order valence-corrected chi connectivity index (χ1v) is 23.4. The van der Waals surface area contributed by atoms with Gasteiger partial charge in [0.15, 0.2) is 5.44 Å². The van der Waals surface area contributed by atoms with Crippen LogP contribution in [0.1, 0.15) is 225 Å². The zero-order valence-electron chi connectivity index (χ0n) is 34.0. The third kappa shape index (κ3) is 31.5. The maximum absolute atomic E-state index is 11.4. The Morgan fingerprint density at radius 3 is 1.20 bits per heavy atom. The van der Waals surface area contributed by atoms with Crippen molar-refractivity contribution in [2.24, 2.45) is 0 Å². The van der Waals surface area contributed by atoms with E-state index in [2.05, 4.69) is 13.8 Å². The van der Waals surface area contributed by atoms with Gasteiger partial charge in [-0.15, -0.1) is 11.8 Å². The van der Waals surface area contributed by atoms with Crippen LogP contribution in [0.2, 0.25) is 0 Å². The highest BCUT2D eigenvalue weighted by Gasteiger charge is 2.37. The quantitative estimate of drug-likeness (QED) is 0.0518. The fraction of sp³-hybridized carbons (Fsp3) is 0.870. The summed E-state index contributed by atoms with van der Waals surface area (Å²) in [5.74, 6) is -1.07. The van der Waals surface area contributed by atoms with Gasteiger partial charge >= 0.3 is 0 Å². The van der Waals surface area contributed by atoms with E-state index in [9.17, 15) is 10.2 Å². The van der Waals surface area contributed by atoms with Crippen LogP contribution in [0.4, 0.5) is 0 Å². The summed E-state index contributed by atoms with van der Waals surface area (Å²) in [6, 6.07) is 10.1. The Morgan fingerprint density at radius 1 is 0.490 bits per heavy atom. The van der Waals surface area contributed by atoms with E-state index in [0.29, 0.717) is 19.0 Å². The molecule has 1 rings (SSSR count). The molecule has 2 unspecified atom stereocenters. The lowest BCUT2D eigenvalue weighted by molar-refractivity contribution is -0.259. The summed E-state index contributed by atoms with van der Waals surface area (Å²) in [6.45, 7) is 5.62. The van der Waals surface area contributed by atoms with Gasteiger partial charge in [-0.05, 0) is 18.4 Å². The first-order valence-electron chi connectivity index (χ1n) is 22.4. The molecule has 0 aromatic heterocycles. The topological polar surface area (TPSA) is 58.9 Å². The first kappa shape index (κ1) is 48.4. The first-order chi connectivity index (χ1) is 25.1. The summed E-state index contributed by atoms with van der Waals surface area (Å²) in [5.41, 5.74) is 0.0559. The van der Waals surface area contributed by atoms with Crippen LogP contribution in [0, 0.1) is 0 Å². The van der Waals surface area contributed by atoms with Crippen molar-refractivity contribution in [3.63, 3.8) is 0 Å². The van der Waals surface area contributed by atoms with E-state index in [1.807, 2.05) is 30.3 Å². The summed E-state index contributed by atoms with van der Waals surface area (Å²) in [5, 5.41) is 22.4. The van der Waals surface area contributed by atoms with Crippen LogP contribution >= 0.6 is 11.8 Å². The molecule has 0 aliphatic rings. The summed E-state index contributed by atoms with van der Waals surface area (Å²) < 4.78 is 11.9. The SMILES string of the molecule is CCCCCCCCCCCCCCCCCCOCC(O)(OCCCCCCCCCCCCCCCCCC)C(O)SCc1ccccc1. The van der Waals surface area contributed by atoms with E-state index in [-0.39, 0.29) is 6.61 Å². The minimum absolute atomic E-state index is 0.00749. The van der Waals surface area contributed by atoms with Crippen molar-refractivity contribution in [3.8, 4) is 0 Å². The van der Waals surface area contributed by atoms with Crippen LogP contribution in [0.5, 0.6) is 0 Å². The van der Waals surface area contributed by atoms with Crippen molar-refractivity contribution < 1.29 is 19.7 Å². The molecule has 0 radical (unpaired) electrons. The average Bonchev–Trinajstić information content (AvgIpc) is 3.15. The second kappa shape index (κ2) is 37.7. The summed E-state index contributed by atoms with van der Waals surface area (Å²) in [6.07, 6.45) is 42.7. The molecule has 51 heavy (non-hydrogen) atoms. The maximum atomic E-state index is 11.4. The molecule has 0 heterocycles. The van der Waals surface area contributed by atoms with Gasteiger partial charge < -0.3 is 19.7 Å². The molecule has 2 N–H and O–H groups in total. The lowest BCUT2D eigenvalue weighted by atomic mass is 10.0. The molecule has 5 heteroatoms. The van der Waals surface area contributed by atoms with Crippen LogP contribution in [-0.4, -0.2) is 41.3 Å². The van der Waals surface area contributed by atoms with Gasteiger partial charge in [-0.3, -0.25) is 0 Å². The van der Waals surface area contributed by atoms with E-state index >= 15 is 0 Å². The van der Waals surface area contributed by atoms with Gasteiger partial charge in [0.05, 0.1) is 6.61 Å². The second-order valence-electron chi connectivity index (χ2n) is 15.5. The lowest BCUT2D eigenvalue weighted by Crippen LogP contribution is -2.48. The molecule has 0 fully saturated rings. The molecule has 0 spiro atoms. The van der Waals surface area contributed by atoms with Crippen molar-refractivity contribution in [1.82, 2.24) is 0 Å². The fourth-order valence-corrected chi connectivity index (χ4v) is 7.87. The Bertz CT molecular complexity index is 808. The summed E-state index contributed by atoms with van der Waals surface area (Å²) >= 11 is 1.32. The van der Waals surface area contributed by atoms with Crippen LogP contribution in [0.15, 0.2) is 30.3 Å². The Balaban J connectivity index is 2.13. The smallest absolute Gasteiger partial charge is 0.226 e. The van der Waals surface area contributed by atoms with Crippen molar-refractivity contribution in [1.29, 1.82) is 0 Å². The predicted octanol–water partition coefficient (Wildman–Crippen LogP) is 14.5. The highest BCUT2D eigenvalue weighted by molar-refractivity contribution is 7.99. The van der Waals surface area contributed by atoms with E-state index in [4.69, 9.17) is 9.47 Å². The molecule has 0 amide bonds. The third-order valence-corrected chi connectivity index (χ3v) is 11.6. The standard InChI is InChI=1S/C46H86O4S/c1-3-5-7-9-11-13-15-17-19-21-23-25-27-29-31-36-40-49-43-46(48,45(47)51-42-44-38-34-33-35-39-44)50-41-37-32-30-28-26-24-22-20-18-16-14-12-10-8-6-4-2/h33-35,38-39,45,47-48H,3-32,36-37,40-43H2,1-2H3. The van der Waals surface area contributed by atoms with Gasteiger partial charge in [0.1, 0.15) is 6.61 Å². The number of ether oxygens (including phenoxy) is 2. The number of unbranched alkanes of at least 4 members (excludes halogenated alkanes) is 30. The van der Waals surface area contributed by atoms with Crippen molar-refractivity contribution in [2.45, 2.75) is 236 Å². The molecular weight excluding hydrogens is 649 g/mol. The predicted molar refractivity (Wildman–Crippen MR) is 225 cm³/mol. The molecule has 2 atom stereocenters. The molecule has 0 aliphatic carbocycles. The normalized spacial score (nSPS) is 13.5. The number of benzene rings is 1. The third-order valence-electron chi connectivity index (χ3n) is 10.4. The minimum Gasteiger partial charge on any atom is -0.377 e. The second-order valence-corrected chi connectivity index (χ2v) is 16.6. The van der Waals surface area contributed by atoms with Crippen LogP contribution in [0.25, 0.3) is 0 Å². The Kier molecular flexibility index (Phi) is 35.8. The number of aliphatic hydroxyl groups excluding tert-OH is 1. The Labute approximate surface area is 322 Å². The number of hydrogen-bond donors (Lipinski definition) is 2. The van der Waals surface area contributed by atoms with E-state index in [1.54, 1.807) is 0 Å². The van der Waals surface area contributed by atoms with Gasteiger partial charge in [0, 0.05) is 12.4 Å². The van der Waals surface area contributed by atoms with Gasteiger partial charge in [0.25, 0.3) is 0 Å². The van der Waals surface area contributed by atoms with Gasteiger partial charge in [-0.1, -0.05) is 237 Å². The average molecular weight is 735 g/mol. The molecule has 300 valence electrons. The highest BCUT2D eigenvalue weighted by Crippen LogP contribution is 2.27. The number of hydrogen-bond acceptors (Lipinski definition) is 5. The minimum atomic E-state index is -1.69. The molecule has 4 nitrogen and oxygen atoms in total. The zero-order valence-corrected chi connectivity index (χ0v) is 34.9. The molecule has 1 aromatic carbocycles. The van der Waals surface area contributed by atoms with Crippen LogP contribution in [0.3, 0.4) is 0 Å². The molecule has 0 bridgehead atoms. The summed E-state index contributed by atoms with van der Waals surface area (Å²) in [7, 11) is 0. The number of aliphatic hydroxyl groups is 2. The van der Waals surface area contributed by atoms with E-state index < -0.39 is 11.2 Å². The molecule has 0 saturated carbocycles. The highest BCUT2D eigenvalue weighted by atomic mass is 32.2. The van der Waals surface area contributed by atoms with Crippen LogP contribution < -0.4 is 0 Å². The molecule has 1 aromatic rings. The Morgan fingerprint density at radius 2 is 0.824 bits per heavy atom. The van der Waals surface area contributed by atoms with Crippen molar-refractivity contribution in [3.05, 3.63) is 35.9 Å². The molecular formula is C46H86O4S. The lowest BCUT2D eigenvalue weighted by Gasteiger charge is -2.32. The van der Waals surface area contributed by atoms with Crippen molar-refractivity contribution in [2.75, 3.05) is 19.8 Å². The zero-order chi connectivity index (χ0) is 36.8. The Hall–Kier alpha value is -0.590.